The van der Waals surface area contributed by atoms with Gasteiger partial charge in [0, 0.05) is 24.9 Å². The van der Waals surface area contributed by atoms with E-state index in [2.05, 4.69) is 22.7 Å². The SMILES string of the molecule is C[C@@H]1CCn2ccnc21. The second kappa shape index (κ2) is 1.59. The fourth-order valence-corrected chi connectivity index (χ4v) is 1.40. The summed E-state index contributed by atoms with van der Waals surface area (Å²) in [5, 5.41) is 0. The van der Waals surface area contributed by atoms with Crippen molar-refractivity contribution in [2.45, 2.75) is 25.8 Å². The van der Waals surface area contributed by atoms with Crippen LogP contribution in [0.3, 0.4) is 0 Å². The molecule has 2 rings (SSSR count). The van der Waals surface area contributed by atoms with E-state index in [4.69, 9.17) is 0 Å². The number of aryl methyl sites for hydroxylation is 1. The fourth-order valence-electron chi connectivity index (χ4n) is 1.40. The van der Waals surface area contributed by atoms with E-state index in [1.165, 1.54) is 12.2 Å². The van der Waals surface area contributed by atoms with Crippen LogP contribution in [0.2, 0.25) is 0 Å². The van der Waals surface area contributed by atoms with Gasteiger partial charge in [-0.25, -0.2) is 4.98 Å². The van der Waals surface area contributed by atoms with Gasteiger partial charge in [0.15, 0.2) is 0 Å². The van der Waals surface area contributed by atoms with Crippen molar-refractivity contribution in [2.24, 2.45) is 0 Å². The summed E-state index contributed by atoms with van der Waals surface area (Å²) in [6.45, 7) is 3.39. The Morgan fingerprint density at radius 2 is 2.67 bits per heavy atom. The molecular weight excluding hydrogens is 112 g/mol. The molecule has 0 bridgehead atoms. The van der Waals surface area contributed by atoms with Crippen LogP contribution in [0.1, 0.15) is 25.1 Å². The van der Waals surface area contributed by atoms with E-state index in [0.717, 1.165) is 6.54 Å². The molecule has 0 spiro atoms. The smallest absolute Gasteiger partial charge is 0.111 e. The summed E-state index contributed by atoms with van der Waals surface area (Å²) in [5.74, 6) is 1.94. The van der Waals surface area contributed by atoms with Crippen molar-refractivity contribution >= 4 is 0 Å². The van der Waals surface area contributed by atoms with Crippen molar-refractivity contribution in [3.05, 3.63) is 18.2 Å². The van der Waals surface area contributed by atoms with Gasteiger partial charge in [0.1, 0.15) is 5.82 Å². The molecule has 0 aromatic carbocycles. The molecule has 0 N–H and O–H groups in total. The van der Waals surface area contributed by atoms with Gasteiger partial charge in [0.25, 0.3) is 0 Å². The van der Waals surface area contributed by atoms with Gasteiger partial charge in [-0.2, -0.15) is 0 Å². The first-order chi connectivity index (χ1) is 4.38. The van der Waals surface area contributed by atoms with Crippen LogP contribution in [0, 0.1) is 0 Å². The number of imidazole rings is 1. The minimum Gasteiger partial charge on any atom is -0.335 e. The maximum atomic E-state index is 4.24. The third-order valence-corrected chi connectivity index (χ3v) is 1.99. The molecule has 1 atom stereocenters. The Hall–Kier alpha value is -0.790. The molecule has 0 fully saturated rings. The highest BCUT2D eigenvalue weighted by molar-refractivity contribution is 5.03. The molecule has 2 heteroatoms. The first kappa shape index (κ1) is 5.03. The van der Waals surface area contributed by atoms with Crippen LogP contribution in [0.15, 0.2) is 12.4 Å². The Bertz CT molecular complexity index is 214. The van der Waals surface area contributed by atoms with Crippen molar-refractivity contribution in [3.63, 3.8) is 0 Å². The molecule has 1 aromatic heterocycles. The lowest BCUT2D eigenvalue weighted by molar-refractivity contribution is 0.700. The summed E-state index contributed by atoms with van der Waals surface area (Å²) in [5.41, 5.74) is 0. The fraction of sp³-hybridized carbons (Fsp3) is 0.571. The minimum absolute atomic E-state index is 0.681. The van der Waals surface area contributed by atoms with Crippen LogP contribution >= 0.6 is 0 Å². The molecule has 9 heavy (non-hydrogen) atoms. The zero-order valence-electron chi connectivity index (χ0n) is 5.54. The quantitative estimate of drug-likeness (QED) is 0.508. The third-order valence-electron chi connectivity index (χ3n) is 1.99. The van der Waals surface area contributed by atoms with Crippen molar-refractivity contribution in [2.75, 3.05) is 0 Å². The topological polar surface area (TPSA) is 17.8 Å². The van der Waals surface area contributed by atoms with Crippen LogP contribution in [-0.2, 0) is 6.54 Å². The second-order valence-corrected chi connectivity index (χ2v) is 2.67. The van der Waals surface area contributed by atoms with E-state index >= 15 is 0 Å². The Morgan fingerprint density at radius 1 is 1.78 bits per heavy atom. The van der Waals surface area contributed by atoms with E-state index in [-0.39, 0.29) is 0 Å². The van der Waals surface area contributed by atoms with Crippen LogP contribution in [-0.4, -0.2) is 9.55 Å². The molecule has 48 valence electrons. The molecule has 1 aliphatic rings. The Kier molecular flexibility index (Phi) is 0.891. The Balaban J connectivity index is 2.49. The van der Waals surface area contributed by atoms with Gasteiger partial charge < -0.3 is 4.57 Å². The summed E-state index contributed by atoms with van der Waals surface area (Å²) < 4.78 is 2.23. The summed E-state index contributed by atoms with van der Waals surface area (Å²) in [7, 11) is 0. The number of fused-ring (bicyclic) bond motifs is 1. The van der Waals surface area contributed by atoms with Crippen molar-refractivity contribution in [3.8, 4) is 0 Å². The highest BCUT2D eigenvalue weighted by Gasteiger charge is 2.17. The number of hydrogen-bond donors (Lipinski definition) is 0. The largest absolute Gasteiger partial charge is 0.335 e. The zero-order chi connectivity index (χ0) is 6.27. The average molecular weight is 122 g/mol. The minimum atomic E-state index is 0.681. The van der Waals surface area contributed by atoms with Crippen molar-refractivity contribution in [1.29, 1.82) is 0 Å². The summed E-state index contributed by atoms with van der Waals surface area (Å²) in [4.78, 5) is 4.24. The molecule has 0 radical (unpaired) electrons. The molecule has 0 unspecified atom stereocenters. The first-order valence-corrected chi connectivity index (χ1v) is 3.39. The van der Waals surface area contributed by atoms with E-state index in [9.17, 15) is 0 Å². The Morgan fingerprint density at radius 3 is 3.44 bits per heavy atom. The normalized spacial score (nSPS) is 24.3. The highest BCUT2D eigenvalue weighted by Crippen LogP contribution is 2.24. The lowest BCUT2D eigenvalue weighted by atomic mass is 10.1. The van der Waals surface area contributed by atoms with Gasteiger partial charge in [-0.3, -0.25) is 0 Å². The van der Waals surface area contributed by atoms with E-state index in [1.807, 2.05) is 6.20 Å². The number of rotatable bonds is 0. The van der Waals surface area contributed by atoms with E-state index < -0.39 is 0 Å². The first-order valence-electron chi connectivity index (χ1n) is 3.39. The van der Waals surface area contributed by atoms with Gasteiger partial charge in [-0.15, -0.1) is 0 Å². The predicted octanol–water partition coefficient (Wildman–Crippen LogP) is 1.39. The zero-order valence-corrected chi connectivity index (χ0v) is 5.54. The summed E-state index contributed by atoms with van der Waals surface area (Å²) in [6.07, 6.45) is 5.20. The monoisotopic (exact) mass is 122 g/mol. The molecule has 0 saturated heterocycles. The molecular formula is C7H10N2. The lowest BCUT2D eigenvalue weighted by Gasteiger charge is -1.94. The third kappa shape index (κ3) is 0.590. The molecule has 2 heterocycles. The summed E-state index contributed by atoms with van der Waals surface area (Å²) >= 11 is 0. The summed E-state index contributed by atoms with van der Waals surface area (Å²) in [6, 6.07) is 0. The Labute approximate surface area is 54.5 Å². The highest BCUT2D eigenvalue weighted by atomic mass is 15.1. The average Bonchev–Trinajstić information content (AvgIpc) is 2.35. The molecule has 0 aliphatic carbocycles. The lowest BCUT2D eigenvalue weighted by Crippen LogP contribution is -1.89. The van der Waals surface area contributed by atoms with Gasteiger partial charge in [-0.05, 0) is 6.42 Å². The second-order valence-electron chi connectivity index (χ2n) is 2.67. The molecule has 2 nitrogen and oxygen atoms in total. The molecule has 0 amide bonds. The van der Waals surface area contributed by atoms with Crippen molar-refractivity contribution < 1.29 is 0 Å². The number of aromatic nitrogens is 2. The maximum absolute atomic E-state index is 4.24. The van der Waals surface area contributed by atoms with E-state index in [1.54, 1.807) is 0 Å². The van der Waals surface area contributed by atoms with E-state index in [0.29, 0.717) is 5.92 Å². The van der Waals surface area contributed by atoms with Gasteiger partial charge in [-0.1, -0.05) is 6.92 Å². The van der Waals surface area contributed by atoms with Gasteiger partial charge in [0.05, 0.1) is 0 Å². The van der Waals surface area contributed by atoms with Crippen molar-refractivity contribution in [1.82, 2.24) is 9.55 Å². The predicted molar refractivity (Wildman–Crippen MR) is 35.3 cm³/mol. The maximum Gasteiger partial charge on any atom is 0.111 e. The number of hydrogen-bond acceptors (Lipinski definition) is 1. The van der Waals surface area contributed by atoms with Crippen LogP contribution in [0.5, 0.6) is 0 Å². The van der Waals surface area contributed by atoms with Gasteiger partial charge in [0.2, 0.25) is 0 Å². The molecule has 1 aromatic rings. The molecule has 0 saturated carbocycles. The van der Waals surface area contributed by atoms with Crippen LogP contribution in [0.25, 0.3) is 0 Å². The number of nitrogens with zero attached hydrogens (tertiary/aromatic N) is 2. The standard InChI is InChI=1S/C7H10N2/c1-6-2-4-9-5-3-8-7(6)9/h3,5-6H,2,4H2,1H3/t6-/m1/s1. The van der Waals surface area contributed by atoms with Gasteiger partial charge >= 0.3 is 0 Å². The molecule has 1 aliphatic heterocycles. The van der Waals surface area contributed by atoms with Crippen LogP contribution in [0.4, 0.5) is 0 Å². The van der Waals surface area contributed by atoms with Crippen LogP contribution < -0.4 is 0 Å².